The minimum Gasteiger partial charge on any atom is -0.504 e. The van der Waals surface area contributed by atoms with Crippen LogP contribution in [0.25, 0.3) is 0 Å². The SMILES string of the molecule is CCc1cccc(CCOc2c(O)c(OC)cc(C(=O)O[C@H](O)[C@H]3O[C@H]4Oc5c(OCNC(N)=NC)cc(C(=O)O)c6c5C[C@H](C#CC[C@](O)([C@@H]3O)[C@H]4O)[C@H]([C@H](O)C(C)C)[C@H](C)N6)c2O)c1. The van der Waals surface area contributed by atoms with Gasteiger partial charge in [0.05, 0.1) is 31.1 Å². The Balaban J connectivity index is 1.37. The summed E-state index contributed by atoms with van der Waals surface area (Å²) in [5, 5.41) is 97.2. The van der Waals surface area contributed by atoms with Crippen molar-refractivity contribution in [3.8, 4) is 46.3 Å². The molecule has 3 aromatic rings. The molecule has 3 heterocycles. The highest BCUT2D eigenvalue weighted by atomic mass is 16.7. The number of aliphatic imine (C=N–C) groups is 1. The summed E-state index contributed by atoms with van der Waals surface area (Å²) in [7, 11) is 2.61. The number of methoxy groups -OCH3 is 1. The number of fused-ring (bicyclic) bond motifs is 3. The molecule has 0 saturated carbocycles. The number of carboxylic acids is 1. The Bertz CT molecular complexity index is 2370. The standard InChI is InChI=1S/C46H58N4O16/c1-7-23-10-8-11-24(16-23)13-15-62-37-34(52)28(19-29(61-6)35(37)53)42(58)66-43(59)38-39(54)46(60)14-9-12-25-17-26-32(50-22(4)31(25)33(51)21(2)3)27(41(56)57)18-30(63-20-49-45(47)48-5)36(26)64-44(65-38)40(46)55/h8,10-11,16,18-19,21-22,25,31,33,38-40,43-44,50-55,59-60H,7,13-15,17,20H2,1-6H3,(H,56,57)(H3,47,48,49)/t22-,25-,31+,33+,38-,39+,40-,43-,44+,46-/m0/s1. The number of carbonyl (C=O) groups is 2. The van der Waals surface area contributed by atoms with E-state index in [4.69, 9.17) is 34.2 Å². The second-order valence-corrected chi connectivity index (χ2v) is 16.7. The average molecular weight is 923 g/mol. The molecule has 0 amide bonds. The third-order valence-electron chi connectivity index (χ3n) is 12.2. The average Bonchev–Trinajstić information content (AvgIpc) is 3.43. The monoisotopic (exact) mass is 922 g/mol. The fourth-order valence-electron chi connectivity index (χ4n) is 8.42. The van der Waals surface area contributed by atoms with Crippen LogP contribution in [-0.4, -0.2) is 135 Å². The molecule has 0 unspecified atom stereocenters. The number of nitrogens with zero attached hydrogens (tertiary/aromatic N) is 1. The quantitative estimate of drug-likeness (QED) is 0.0339. The lowest BCUT2D eigenvalue weighted by molar-refractivity contribution is -0.337. The van der Waals surface area contributed by atoms with E-state index in [-0.39, 0.29) is 65.7 Å². The molecule has 66 heavy (non-hydrogen) atoms. The van der Waals surface area contributed by atoms with Crippen LogP contribution in [0.4, 0.5) is 5.69 Å². The van der Waals surface area contributed by atoms with E-state index in [0.29, 0.717) is 6.42 Å². The van der Waals surface area contributed by atoms with Crippen LogP contribution in [0.3, 0.4) is 0 Å². The van der Waals surface area contributed by atoms with Gasteiger partial charge in [0.2, 0.25) is 24.1 Å². The number of anilines is 1. The highest BCUT2D eigenvalue weighted by molar-refractivity contribution is 5.97. The number of aromatic carboxylic acids is 1. The summed E-state index contributed by atoms with van der Waals surface area (Å²) in [6.07, 6.45) is -11.5. The van der Waals surface area contributed by atoms with E-state index in [0.717, 1.165) is 29.7 Å². The molecule has 1 fully saturated rings. The van der Waals surface area contributed by atoms with E-state index in [2.05, 4.69) is 27.5 Å². The number of hydrogen-bond donors (Lipinski definition) is 11. The van der Waals surface area contributed by atoms with Crippen LogP contribution in [0.5, 0.6) is 34.5 Å². The lowest BCUT2D eigenvalue weighted by atomic mass is 9.76. The molecule has 20 heteroatoms. The first kappa shape index (κ1) is 49.2. The maximum Gasteiger partial charge on any atom is 0.344 e. The van der Waals surface area contributed by atoms with Crippen molar-refractivity contribution in [3.05, 3.63) is 64.2 Å². The number of benzene rings is 3. The second-order valence-electron chi connectivity index (χ2n) is 16.7. The summed E-state index contributed by atoms with van der Waals surface area (Å²) in [6, 6.07) is 9.22. The van der Waals surface area contributed by atoms with Gasteiger partial charge in [0.25, 0.3) is 0 Å². The number of aryl methyl sites for hydroxylation is 1. The summed E-state index contributed by atoms with van der Waals surface area (Å²) in [4.78, 5) is 30.4. The lowest BCUT2D eigenvalue weighted by Crippen LogP contribution is -2.69. The number of aliphatic hydroxyl groups excluding tert-OH is 4. The zero-order valence-electron chi connectivity index (χ0n) is 37.3. The van der Waals surface area contributed by atoms with E-state index < -0.39 is 102 Å². The van der Waals surface area contributed by atoms with E-state index in [1.54, 1.807) is 6.92 Å². The van der Waals surface area contributed by atoms with Gasteiger partial charge >= 0.3 is 11.9 Å². The zero-order valence-corrected chi connectivity index (χ0v) is 37.3. The normalized spacial score (nSPS) is 25.6. The molecular formula is C46H58N4O16. The number of phenols is 2. The predicted octanol–water partition coefficient (Wildman–Crippen LogP) is 1.60. The first-order chi connectivity index (χ1) is 31.3. The van der Waals surface area contributed by atoms with Gasteiger partial charge < -0.3 is 85.6 Å². The van der Waals surface area contributed by atoms with Crippen molar-refractivity contribution in [3.63, 3.8) is 0 Å². The smallest absolute Gasteiger partial charge is 0.344 e. The Morgan fingerprint density at radius 1 is 1.06 bits per heavy atom. The molecule has 0 spiro atoms. The molecule has 1 saturated heterocycles. The first-order valence-corrected chi connectivity index (χ1v) is 21.4. The van der Waals surface area contributed by atoms with Crippen LogP contribution in [0, 0.1) is 29.6 Å². The molecule has 4 bridgehead atoms. The maximum absolute atomic E-state index is 13.8. The zero-order chi connectivity index (χ0) is 48.2. The summed E-state index contributed by atoms with van der Waals surface area (Å²) in [5.41, 5.74) is 4.49. The summed E-state index contributed by atoms with van der Waals surface area (Å²) in [6.45, 7) is 6.97. The number of nitrogens with one attached hydrogen (secondary N) is 2. The fraction of sp³-hybridized carbons (Fsp3) is 0.500. The number of phenolic OH excluding ortho intramolecular Hbond substituents is 2. The van der Waals surface area contributed by atoms with Gasteiger partial charge in [-0.2, -0.15) is 0 Å². The number of carbonyl (C=O) groups excluding carboxylic acids is 1. The third-order valence-corrected chi connectivity index (χ3v) is 12.2. The van der Waals surface area contributed by atoms with E-state index in [1.165, 1.54) is 14.2 Å². The number of aliphatic hydroxyl groups is 5. The van der Waals surface area contributed by atoms with Crippen LogP contribution in [0.2, 0.25) is 0 Å². The number of carboxylic acid groups (broad SMARTS) is 1. The number of aromatic hydroxyl groups is 2. The van der Waals surface area contributed by atoms with Gasteiger partial charge in [0.1, 0.15) is 23.4 Å². The van der Waals surface area contributed by atoms with E-state index >= 15 is 0 Å². The Hall–Kier alpha value is -6.21. The van der Waals surface area contributed by atoms with Crippen molar-refractivity contribution < 1.29 is 78.9 Å². The Labute approximate surface area is 380 Å². The summed E-state index contributed by atoms with van der Waals surface area (Å²) < 4.78 is 34.5. The van der Waals surface area contributed by atoms with Gasteiger partial charge in [-0.15, -0.1) is 0 Å². The Morgan fingerprint density at radius 3 is 2.44 bits per heavy atom. The van der Waals surface area contributed by atoms with Crippen LogP contribution < -0.4 is 35.3 Å². The molecule has 0 aliphatic carbocycles. The molecule has 10 atom stereocenters. The number of nitrogens with two attached hydrogens (primary N) is 1. The molecular weight excluding hydrogens is 865 g/mol. The third kappa shape index (κ3) is 9.96. The lowest BCUT2D eigenvalue weighted by Gasteiger charge is -2.48. The van der Waals surface area contributed by atoms with E-state index in [9.17, 15) is 50.4 Å². The maximum atomic E-state index is 13.8. The van der Waals surface area contributed by atoms with Crippen LogP contribution in [0.15, 0.2) is 41.4 Å². The topological polar surface area (TPSA) is 314 Å². The number of hydrogen-bond acceptors (Lipinski definition) is 17. The summed E-state index contributed by atoms with van der Waals surface area (Å²) in [5.74, 6) is -1.34. The largest absolute Gasteiger partial charge is 0.504 e. The van der Waals surface area contributed by atoms with Gasteiger partial charge in [-0.1, -0.05) is 56.9 Å². The van der Waals surface area contributed by atoms with Crippen molar-refractivity contribution in [2.24, 2.45) is 28.5 Å². The predicted molar refractivity (Wildman–Crippen MR) is 236 cm³/mol. The van der Waals surface area contributed by atoms with E-state index in [1.807, 2.05) is 45.0 Å². The molecule has 3 aromatic carbocycles. The van der Waals surface area contributed by atoms with Crippen molar-refractivity contribution in [2.75, 3.05) is 32.8 Å². The van der Waals surface area contributed by atoms with Crippen molar-refractivity contribution in [1.29, 1.82) is 0 Å². The highest BCUT2D eigenvalue weighted by Gasteiger charge is 2.59. The van der Waals surface area contributed by atoms with Gasteiger partial charge in [0, 0.05) is 55.5 Å². The van der Waals surface area contributed by atoms with Gasteiger partial charge in [-0.25, -0.2) is 9.59 Å². The van der Waals surface area contributed by atoms with Gasteiger partial charge in [-0.3, -0.25) is 4.99 Å². The van der Waals surface area contributed by atoms with Crippen LogP contribution in [-0.2, 0) is 28.7 Å². The number of rotatable bonds is 15. The molecule has 12 N–H and O–H groups in total. The van der Waals surface area contributed by atoms with Crippen molar-refractivity contribution in [1.82, 2.24) is 5.32 Å². The summed E-state index contributed by atoms with van der Waals surface area (Å²) >= 11 is 0. The van der Waals surface area contributed by atoms with Gasteiger partial charge in [0.15, 0.2) is 41.8 Å². The molecule has 0 radical (unpaired) electrons. The fourth-order valence-corrected chi connectivity index (χ4v) is 8.42. The molecule has 3 aliphatic heterocycles. The minimum atomic E-state index is -2.68. The number of esters is 1. The second kappa shape index (κ2) is 20.5. The highest BCUT2D eigenvalue weighted by Crippen LogP contribution is 2.49. The molecule has 20 nitrogen and oxygen atoms in total. The molecule has 6 rings (SSSR count). The number of ether oxygens (including phenoxy) is 6. The van der Waals surface area contributed by atoms with Crippen molar-refractivity contribution >= 4 is 23.6 Å². The minimum absolute atomic E-state index is 0.0271. The Kier molecular flexibility index (Phi) is 15.3. The van der Waals surface area contributed by atoms with Crippen molar-refractivity contribution in [2.45, 2.75) is 102 Å². The Morgan fingerprint density at radius 2 is 1.77 bits per heavy atom. The molecule has 0 aromatic heterocycles. The van der Waals surface area contributed by atoms with Crippen LogP contribution in [0.1, 0.15) is 71.5 Å². The molecule has 3 aliphatic rings. The van der Waals surface area contributed by atoms with Gasteiger partial charge in [-0.05, 0) is 36.8 Å². The number of guanidine groups is 1. The first-order valence-electron chi connectivity index (χ1n) is 21.4. The molecule has 358 valence electrons. The van der Waals surface area contributed by atoms with Crippen LogP contribution >= 0.6 is 0 Å².